The van der Waals surface area contributed by atoms with Crippen molar-refractivity contribution in [2.45, 2.75) is 17.2 Å². The molecule has 3 aromatic rings. The molecule has 2 heterocycles. The van der Waals surface area contributed by atoms with Crippen LogP contribution >= 0.6 is 11.8 Å². The molecule has 134 valence electrons. The molecule has 9 heteroatoms. The second-order valence-electron chi connectivity index (χ2n) is 5.70. The van der Waals surface area contributed by atoms with Crippen LogP contribution in [0, 0.1) is 0 Å². The number of benzene rings is 1. The Morgan fingerprint density at radius 3 is 2.38 bits per heavy atom. The molecular weight excluding hydrogens is 356 g/mol. The number of nitrogens with zero attached hydrogens (tertiary/aromatic N) is 4. The van der Waals surface area contributed by atoms with E-state index in [0.717, 1.165) is 16.3 Å². The molecule has 0 bridgehead atoms. The molecule has 0 unspecified atom stereocenters. The lowest BCUT2D eigenvalue weighted by molar-refractivity contribution is -0.304. The number of hydrogen-bond acceptors (Lipinski definition) is 7. The number of carbonyl (C=O) groups is 1. The highest BCUT2D eigenvalue weighted by atomic mass is 32.2. The third-order valence-electron chi connectivity index (χ3n) is 3.92. The zero-order valence-electron chi connectivity index (χ0n) is 14.3. The summed E-state index contributed by atoms with van der Waals surface area (Å²) >= 11 is 0.886. The van der Waals surface area contributed by atoms with Crippen LogP contribution in [0.1, 0.15) is 6.92 Å². The average molecular weight is 371 g/mol. The predicted molar refractivity (Wildman–Crippen MR) is 95.8 cm³/mol. The number of rotatable bonds is 4. The van der Waals surface area contributed by atoms with Gasteiger partial charge in [-0.3, -0.25) is 13.9 Å². The highest BCUT2D eigenvalue weighted by molar-refractivity contribution is 8.00. The summed E-state index contributed by atoms with van der Waals surface area (Å²) in [6.07, 6.45) is 0. The van der Waals surface area contributed by atoms with Gasteiger partial charge in [-0.15, -0.1) is 0 Å². The zero-order valence-corrected chi connectivity index (χ0v) is 15.1. The van der Waals surface area contributed by atoms with Crippen molar-refractivity contribution in [2.75, 3.05) is 0 Å². The van der Waals surface area contributed by atoms with Gasteiger partial charge in [-0.25, -0.2) is 14.8 Å². The molecule has 1 aromatic carbocycles. The number of thioether (sulfide) groups is 1. The summed E-state index contributed by atoms with van der Waals surface area (Å²) in [5.41, 5.74) is -0.259. The molecular formula is C17H15N4O4S-. The lowest BCUT2D eigenvalue weighted by Gasteiger charge is -2.15. The lowest BCUT2D eigenvalue weighted by atomic mass is 10.2. The van der Waals surface area contributed by atoms with Gasteiger partial charge in [0.2, 0.25) is 0 Å². The molecule has 26 heavy (non-hydrogen) atoms. The second-order valence-corrected chi connectivity index (χ2v) is 7.03. The standard InChI is InChI=1S/C17H16N4O4S/c1-9(16(23)24)26-14-11-13(20(2)17(25)21(3)15(11)22)18-12(19-14)10-7-5-4-6-8-10/h4-9H,1-3H3,(H,23,24)/p-1/t9-/m1/s1. The zero-order chi connectivity index (χ0) is 19.0. The van der Waals surface area contributed by atoms with Crippen molar-refractivity contribution in [3.05, 3.63) is 51.2 Å². The van der Waals surface area contributed by atoms with Gasteiger partial charge in [0.15, 0.2) is 11.5 Å². The van der Waals surface area contributed by atoms with Gasteiger partial charge in [0, 0.05) is 24.9 Å². The lowest BCUT2D eigenvalue weighted by Crippen LogP contribution is -2.38. The van der Waals surface area contributed by atoms with Crippen LogP contribution in [0.4, 0.5) is 0 Å². The van der Waals surface area contributed by atoms with Crippen LogP contribution < -0.4 is 16.4 Å². The Hall–Kier alpha value is -2.94. The molecule has 0 amide bonds. The topological polar surface area (TPSA) is 110 Å². The fourth-order valence-electron chi connectivity index (χ4n) is 2.45. The number of aromatic nitrogens is 4. The van der Waals surface area contributed by atoms with Crippen molar-refractivity contribution < 1.29 is 9.90 Å². The van der Waals surface area contributed by atoms with E-state index in [-0.39, 0.29) is 16.1 Å². The predicted octanol–water partition coefficient (Wildman–Crippen LogP) is -0.0753. The molecule has 0 spiro atoms. The van der Waals surface area contributed by atoms with E-state index < -0.39 is 22.5 Å². The first kappa shape index (κ1) is 17.9. The van der Waals surface area contributed by atoms with E-state index in [0.29, 0.717) is 11.4 Å². The number of aryl methyl sites for hydroxylation is 1. The van der Waals surface area contributed by atoms with Crippen molar-refractivity contribution in [1.82, 2.24) is 19.1 Å². The number of carboxylic acids is 1. The summed E-state index contributed by atoms with van der Waals surface area (Å²) < 4.78 is 2.19. The van der Waals surface area contributed by atoms with E-state index >= 15 is 0 Å². The Morgan fingerprint density at radius 1 is 1.12 bits per heavy atom. The quantitative estimate of drug-likeness (QED) is 0.466. The summed E-state index contributed by atoms with van der Waals surface area (Å²) in [5.74, 6) is -0.973. The van der Waals surface area contributed by atoms with Gasteiger partial charge in [0.25, 0.3) is 5.56 Å². The first-order chi connectivity index (χ1) is 12.3. The van der Waals surface area contributed by atoms with Gasteiger partial charge >= 0.3 is 5.69 Å². The molecule has 0 fully saturated rings. The van der Waals surface area contributed by atoms with Crippen LogP contribution in [0.25, 0.3) is 22.4 Å². The van der Waals surface area contributed by atoms with Gasteiger partial charge in [0.05, 0.1) is 5.97 Å². The maximum atomic E-state index is 12.6. The molecule has 0 radical (unpaired) electrons. The second kappa shape index (κ2) is 6.75. The van der Waals surface area contributed by atoms with E-state index in [2.05, 4.69) is 9.97 Å². The number of aliphatic carboxylic acids is 1. The number of fused-ring (bicyclic) bond motifs is 1. The normalized spacial score (nSPS) is 12.3. The van der Waals surface area contributed by atoms with Crippen LogP contribution in [0.3, 0.4) is 0 Å². The van der Waals surface area contributed by atoms with Crippen LogP contribution in [0.5, 0.6) is 0 Å². The SMILES string of the molecule is C[C@@H](Sc1nc(-c2ccccc2)nc2c1c(=O)n(C)c(=O)n2C)C(=O)[O-]. The van der Waals surface area contributed by atoms with Crippen molar-refractivity contribution in [3.63, 3.8) is 0 Å². The molecule has 0 aliphatic rings. The molecule has 0 aliphatic carbocycles. The molecule has 3 rings (SSSR count). The third kappa shape index (κ3) is 3.01. The van der Waals surface area contributed by atoms with Crippen molar-refractivity contribution in [1.29, 1.82) is 0 Å². The number of carbonyl (C=O) groups excluding carboxylic acids is 1. The highest BCUT2D eigenvalue weighted by Gasteiger charge is 2.20. The van der Waals surface area contributed by atoms with Crippen molar-refractivity contribution in [2.24, 2.45) is 14.1 Å². The maximum absolute atomic E-state index is 12.6. The van der Waals surface area contributed by atoms with Gasteiger partial charge in [0.1, 0.15) is 10.4 Å². The molecule has 0 saturated carbocycles. The minimum absolute atomic E-state index is 0.104. The Kier molecular flexibility index (Phi) is 4.64. The first-order valence-corrected chi connectivity index (χ1v) is 8.60. The summed E-state index contributed by atoms with van der Waals surface area (Å²) in [6, 6.07) is 9.03. The van der Waals surface area contributed by atoms with Crippen LogP contribution in [-0.2, 0) is 18.9 Å². The van der Waals surface area contributed by atoms with E-state index in [1.807, 2.05) is 18.2 Å². The van der Waals surface area contributed by atoms with Crippen molar-refractivity contribution >= 4 is 28.8 Å². The van der Waals surface area contributed by atoms with Crippen LogP contribution in [0.2, 0.25) is 0 Å². The molecule has 1 atom stereocenters. The number of carboxylic acid groups (broad SMARTS) is 1. The molecule has 8 nitrogen and oxygen atoms in total. The summed E-state index contributed by atoms with van der Waals surface area (Å²) in [5, 5.41) is 10.5. The number of hydrogen-bond donors (Lipinski definition) is 0. The smallest absolute Gasteiger partial charge is 0.332 e. The van der Waals surface area contributed by atoms with Gasteiger partial charge in [-0.2, -0.15) is 0 Å². The van der Waals surface area contributed by atoms with Gasteiger partial charge in [-0.1, -0.05) is 42.1 Å². The molecule has 2 aromatic heterocycles. The summed E-state index contributed by atoms with van der Waals surface area (Å²) in [4.78, 5) is 44.8. The fourth-order valence-corrected chi connectivity index (χ4v) is 3.31. The van der Waals surface area contributed by atoms with Crippen molar-refractivity contribution in [3.8, 4) is 11.4 Å². The van der Waals surface area contributed by atoms with E-state index in [1.54, 1.807) is 12.1 Å². The summed E-state index contributed by atoms with van der Waals surface area (Å²) in [7, 11) is 2.86. The largest absolute Gasteiger partial charge is 0.549 e. The Morgan fingerprint density at radius 2 is 1.77 bits per heavy atom. The van der Waals surface area contributed by atoms with Crippen LogP contribution in [-0.4, -0.2) is 30.3 Å². The Balaban J connectivity index is 2.39. The Bertz CT molecular complexity index is 1120. The summed E-state index contributed by atoms with van der Waals surface area (Å²) in [6.45, 7) is 1.45. The van der Waals surface area contributed by atoms with E-state index in [9.17, 15) is 19.5 Å². The highest BCUT2D eigenvalue weighted by Crippen LogP contribution is 2.28. The fraction of sp³-hybridized carbons (Fsp3) is 0.235. The van der Waals surface area contributed by atoms with Crippen LogP contribution in [0.15, 0.2) is 44.9 Å². The monoisotopic (exact) mass is 371 g/mol. The van der Waals surface area contributed by atoms with Gasteiger partial charge in [-0.05, 0) is 6.92 Å². The molecule has 0 aliphatic heterocycles. The van der Waals surface area contributed by atoms with E-state index in [4.69, 9.17) is 0 Å². The Labute approximate surface area is 152 Å². The molecule has 0 saturated heterocycles. The average Bonchev–Trinajstić information content (AvgIpc) is 2.64. The first-order valence-electron chi connectivity index (χ1n) is 7.72. The minimum atomic E-state index is -1.27. The van der Waals surface area contributed by atoms with E-state index in [1.165, 1.54) is 25.6 Å². The maximum Gasteiger partial charge on any atom is 0.332 e. The minimum Gasteiger partial charge on any atom is -0.549 e. The third-order valence-corrected chi connectivity index (χ3v) is 4.98. The molecule has 0 N–H and O–H groups in total. The van der Waals surface area contributed by atoms with Gasteiger partial charge < -0.3 is 9.90 Å².